The van der Waals surface area contributed by atoms with E-state index in [2.05, 4.69) is 17.2 Å². The number of rotatable bonds is 0. The van der Waals surface area contributed by atoms with Crippen molar-refractivity contribution in [3.05, 3.63) is 0 Å². The Labute approximate surface area is 75.2 Å². The third kappa shape index (κ3) is 1.37. The largest absolute Gasteiger partial charge is 0.369 e. The third-order valence-corrected chi connectivity index (χ3v) is 2.92. The van der Waals surface area contributed by atoms with Crippen molar-refractivity contribution in [2.75, 3.05) is 0 Å². The Morgan fingerprint density at radius 2 is 2.42 bits per heavy atom. The van der Waals surface area contributed by atoms with Crippen LogP contribution in [0.15, 0.2) is 4.99 Å². The topological polar surface area (TPSA) is 24.4 Å². The first-order valence-corrected chi connectivity index (χ1v) is 4.67. The second-order valence-corrected chi connectivity index (χ2v) is 4.43. The lowest BCUT2D eigenvalue weighted by Gasteiger charge is -2.36. The molecule has 1 aliphatic heterocycles. The van der Waals surface area contributed by atoms with Crippen LogP contribution in [-0.2, 0) is 0 Å². The number of fused-ring (bicyclic) bond motifs is 1. The maximum absolute atomic E-state index is 6.09. The van der Waals surface area contributed by atoms with Crippen molar-refractivity contribution in [2.24, 2.45) is 4.99 Å². The molecule has 2 nitrogen and oxygen atoms in total. The monoisotopic (exact) mass is 162 g/mol. The van der Waals surface area contributed by atoms with Crippen LogP contribution >= 0.6 is 0 Å². The molecular formula is C9H15BN2. The molecule has 1 N–H and O–H groups in total. The minimum absolute atomic E-state index is 0.0221. The van der Waals surface area contributed by atoms with Gasteiger partial charge in [-0.2, -0.15) is 0 Å². The highest BCUT2D eigenvalue weighted by Gasteiger charge is 2.37. The lowest BCUT2D eigenvalue weighted by molar-refractivity contribution is 0.320. The molecule has 1 aliphatic carbocycles. The minimum Gasteiger partial charge on any atom is -0.369 e. The summed E-state index contributed by atoms with van der Waals surface area (Å²) in [5.41, 5.74) is 0. The van der Waals surface area contributed by atoms with Gasteiger partial charge in [0.25, 0.3) is 0 Å². The first kappa shape index (κ1) is 8.15. The van der Waals surface area contributed by atoms with Gasteiger partial charge in [0.1, 0.15) is 0 Å². The number of hydrogen-bond donors (Lipinski definition) is 1. The summed E-state index contributed by atoms with van der Waals surface area (Å²) in [6.07, 6.45) is 3.30. The summed E-state index contributed by atoms with van der Waals surface area (Å²) in [4.78, 5) is 4.53. The average molecular weight is 162 g/mol. The molecule has 2 rings (SSSR count). The van der Waals surface area contributed by atoms with Gasteiger partial charge < -0.3 is 5.32 Å². The average Bonchev–Trinajstić information content (AvgIpc) is 2.26. The first-order valence-electron chi connectivity index (χ1n) is 4.67. The summed E-state index contributed by atoms with van der Waals surface area (Å²) in [6.45, 7) is 4.17. The molecule has 3 unspecified atom stereocenters. The summed E-state index contributed by atoms with van der Waals surface area (Å²) in [6, 6.07) is 1.01. The predicted octanol–water partition coefficient (Wildman–Crippen LogP) is 1.28. The summed E-state index contributed by atoms with van der Waals surface area (Å²) < 4.78 is 0. The van der Waals surface area contributed by atoms with E-state index in [1.165, 1.54) is 0 Å². The van der Waals surface area contributed by atoms with Gasteiger partial charge in [0.05, 0.1) is 19.7 Å². The van der Waals surface area contributed by atoms with Gasteiger partial charge in [0, 0.05) is 6.04 Å². The Balaban J connectivity index is 2.07. The zero-order valence-electron chi connectivity index (χ0n) is 7.80. The van der Waals surface area contributed by atoms with Crippen LogP contribution in [0.3, 0.4) is 0 Å². The van der Waals surface area contributed by atoms with Crippen LogP contribution < -0.4 is 5.32 Å². The second-order valence-electron chi connectivity index (χ2n) is 4.43. The van der Waals surface area contributed by atoms with Gasteiger partial charge in [-0.25, -0.2) is 0 Å². The summed E-state index contributed by atoms with van der Waals surface area (Å²) >= 11 is 0. The molecule has 0 amide bonds. The standard InChI is InChI=1S/C9H15BN2/c1-6-11-7-3-4-9(2,10)5-8(7)12-6/h7-8H,3-5H2,1-2H3,(H,11,12). The van der Waals surface area contributed by atoms with E-state index in [1.54, 1.807) is 0 Å². The number of nitrogens with one attached hydrogen (secondary N) is 1. The fourth-order valence-corrected chi connectivity index (χ4v) is 2.28. The van der Waals surface area contributed by atoms with Gasteiger partial charge >= 0.3 is 0 Å². The van der Waals surface area contributed by atoms with E-state index < -0.39 is 0 Å². The van der Waals surface area contributed by atoms with Crippen molar-refractivity contribution in [3.63, 3.8) is 0 Å². The number of nitrogens with zero attached hydrogens (tertiary/aromatic N) is 1. The molecule has 12 heavy (non-hydrogen) atoms. The van der Waals surface area contributed by atoms with E-state index >= 15 is 0 Å². The Kier molecular flexibility index (Phi) is 1.70. The zero-order chi connectivity index (χ0) is 8.77. The molecule has 3 heteroatoms. The van der Waals surface area contributed by atoms with Crippen molar-refractivity contribution >= 4 is 13.7 Å². The zero-order valence-corrected chi connectivity index (χ0v) is 7.80. The van der Waals surface area contributed by atoms with Crippen molar-refractivity contribution in [1.82, 2.24) is 5.32 Å². The number of hydrogen-bond acceptors (Lipinski definition) is 2. The van der Waals surface area contributed by atoms with Crippen LogP contribution in [0.2, 0.25) is 5.31 Å². The second kappa shape index (κ2) is 2.51. The molecular weight excluding hydrogens is 147 g/mol. The molecule has 3 atom stereocenters. The predicted molar refractivity (Wildman–Crippen MR) is 51.8 cm³/mol. The number of aliphatic imine (C=N–C) groups is 1. The minimum atomic E-state index is 0.0221. The molecule has 2 radical (unpaired) electrons. The van der Waals surface area contributed by atoms with E-state index in [-0.39, 0.29) is 5.31 Å². The van der Waals surface area contributed by atoms with Crippen molar-refractivity contribution in [1.29, 1.82) is 0 Å². The van der Waals surface area contributed by atoms with Gasteiger partial charge in [-0.05, 0) is 19.8 Å². The summed E-state index contributed by atoms with van der Waals surface area (Å²) in [5, 5.41) is 3.40. The molecule has 0 saturated heterocycles. The molecule has 0 aromatic rings. The Hall–Kier alpha value is -0.465. The van der Waals surface area contributed by atoms with Crippen LogP contribution in [0, 0.1) is 0 Å². The van der Waals surface area contributed by atoms with Crippen molar-refractivity contribution < 1.29 is 0 Å². The van der Waals surface area contributed by atoms with Crippen LogP contribution in [0.25, 0.3) is 0 Å². The lowest BCUT2D eigenvalue weighted by Crippen LogP contribution is -2.40. The third-order valence-electron chi connectivity index (χ3n) is 2.92. The van der Waals surface area contributed by atoms with E-state index in [1.807, 2.05) is 6.92 Å². The van der Waals surface area contributed by atoms with Crippen LogP contribution in [-0.4, -0.2) is 25.8 Å². The maximum atomic E-state index is 6.09. The summed E-state index contributed by atoms with van der Waals surface area (Å²) in [7, 11) is 6.09. The molecule has 0 spiro atoms. The van der Waals surface area contributed by atoms with E-state index in [0.717, 1.165) is 25.1 Å². The highest BCUT2D eigenvalue weighted by Crippen LogP contribution is 2.41. The molecule has 1 heterocycles. The quantitative estimate of drug-likeness (QED) is 0.533. The van der Waals surface area contributed by atoms with E-state index in [9.17, 15) is 0 Å². The SMILES string of the molecule is [B]C1(C)CCC2N=C(C)NC2C1. The highest BCUT2D eigenvalue weighted by atomic mass is 15.1. The normalized spacial score (nSPS) is 46.3. The highest BCUT2D eigenvalue weighted by molar-refractivity contribution is 6.15. The first-order chi connectivity index (χ1) is 5.57. The fraction of sp³-hybridized carbons (Fsp3) is 0.889. The molecule has 2 aliphatic rings. The molecule has 64 valence electrons. The van der Waals surface area contributed by atoms with Gasteiger partial charge in [-0.15, -0.1) is 0 Å². The summed E-state index contributed by atoms with van der Waals surface area (Å²) in [5.74, 6) is 1.09. The molecule has 0 aromatic heterocycles. The van der Waals surface area contributed by atoms with Gasteiger partial charge in [-0.1, -0.05) is 18.7 Å². The van der Waals surface area contributed by atoms with Gasteiger partial charge in [-0.3, -0.25) is 4.99 Å². The molecule has 1 saturated carbocycles. The number of amidine groups is 1. The smallest absolute Gasteiger partial charge is 0.0938 e. The Bertz CT molecular complexity index is 223. The Morgan fingerprint density at radius 1 is 1.67 bits per heavy atom. The van der Waals surface area contributed by atoms with Gasteiger partial charge in [0.2, 0.25) is 0 Å². The van der Waals surface area contributed by atoms with E-state index in [0.29, 0.717) is 12.1 Å². The van der Waals surface area contributed by atoms with Crippen LogP contribution in [0.4, 0.5) is 0 Å². The van der Waals surface area contributed by atoms with Crippen LogP contribution in [0.5, 0.6) is 0 Å². The van der Waals surface area contributed by atoms with Crippen LogP contribution in [0.1, 0.15) is 33.1 Å². The van der Waals surface area contributed by atoms with Crippen molar-refractivity contribution in [2.45, 2.75) is 50.5 Å². The molecule has 1 fully saturated rings. The van der Waals surface area contributed by atoms with E-state index in [4.69, 9.17) is 7.85 Å². The lowest BCUT2D eigenvalue weighted by atomic mass is 9.60. The van der Waals surface area contributed by atoms with Gasteiger partial charge in [0.15, 0.2) is 0 Å². The van der Waals surface area contributed by atoms with Crippen molar-refractivity contribution in [3.8, 4) is 0 Å². The molecule has 0 aromatic carbocycles. The fourth-order valence-electron chi connectivity index (χ4n) is 2.28. The maximum Gasteiger partial charge on any atom is 0.0938 e. The molecule has 0 bridgehead atoms. The Morgan fingerprint density at radius 3 is 3.17 bits per heavy atom.